The normalized spacial score (nSPS) is 21.1. The maximum atomic E-state index is 12.8. The molecule has 0 spiro atoms. The molecular formula is C10H11ClFNO. The zero-order chi connectivity index (χ0) is 9.97. The largest absolute Gasteiger partial charge is 0.380 e. The summed E-state index contributed by atoms with van der Waals surface area (Å²) in [6.07, 6.45) is 0.981. The molecule has 14 heavy (non-hydrogen) atoms. The first kappa shape index (κ1) is 9.74. The van der Waals surface area contributed by atoms with Crippen LogP contribution in [0, 0.1) is 5.82 Å². The Morgan fingerprint density at radius 3 is 3.00 bits per heavy atom. The summed E-state index contributed by atoms with van der Waals surface area (Å²) in [6, 6.07) is 4.95. The predicted octanol–water partition coefficient (Wildman–Crippen LogP) is 2.68. The van der Waals surface area contributed by atoms with Gasteiger partial charge >= 0.3 is 0 Å². The van der Waals surface area contributed by atoms with Gasteiger partial charge in [0.05, 0.1) is 17.7 Å². The summed E-state index contributed by atoms with van der Waals surface area (Å²) in [4.78, 5) is 0. The summed E-state index contributed by atoms with van der Waals surface area (Å²) < 4.78 is 18.0. The number of anilines is 1. The van der Waals surface area contributed by atoms with Crippen molar-refractivity contribution in [3.8, 4) is 0 Å². The lowest BCUT2D eigenvalue weighted by Crippen LogP contribution is -2.18. The maximum Gasteiger partial charge on any atom is 0.141 e. The van der Waals surface area contributed by atoms with Gasteiger partial charge in [0.1, 0.15) is 5.82 Å². The van der Waals surface area contributed by atoms with Crippen LogP contribution >= 0.6 is 11.6 Å². The van der Waals surface area contributed by atoms with E-state index in [-0.39, 0.29) is 10.8 Å². The molecule has 1 aromatic rings. The number of nitrogens with one attached hydrogen (secondary N) is 1. The minimum atomic E-state index is -0.389. The van der Waals surface area contributed by atoms with Crippen molar-refractivity contribution in [3.63, 3.8) is 0 Å². The Kier molecular flexibility index (Phi) is 2.89. The minimum absolute atomic E-state index is 0.147. The van der Waals surface area contributed by atoms with E-state index in [4.69, 9.17) is 16.3 Å². The second-order valence-electron chi connectivity index (χ2n) is 3.33. The number of ether oxygens (including phenoxy) is 1. The summed E-state index contributed by atoms with van der Waals surface area (Å²) in [5.74, 6) is -0.389. The molecule has 1 fully saturated rings. The van der Waals surface area contributed by atoms with E-state index in [1.165, 1.54) is 6.07 Å². The van der Waals surface area contributed by atoms with Crippen molar-refractivity contribution in [1.82, 2.24) is 0 Å². The van der Waals surface area contributed by atoms with Crippen LogP contribution in [0.25, 0.3) is 0 Å². The SMILES string of the molecule is Fc1ccc(NC2CCOC2)cc1Cl. The Labute approximate surface area is 87.0 Å². The average Bonchev–Trinajstić information content (AvgIpc) is 2.64. The van der Waals surface area contributed by atoms with Crippen molar-refractivity contribution in [3.05, 3.63) is 29.0 Å². The summed E-state index contributed by atoms with van der Waals surface area (Å²) >= 11 is 5.65. The average molecular weight is 216 g/mol. The van der Waals surface area contributed by atoms with Crippen LogP contribution in [0.1, 0.15) is 6.42 Å². The summed E-state index contributed by atoms with van der Waals surface area (Å²) in [5, 5.41) is 3.38. The molecule has 1 unspecified atom stereocenters. The zero-order valence-corrected chi connectivity index (χ0v) is 8.35. The van der Waals surface area contributed by atoms with Gasteiger partial charge in [-0.15, -0.1) is 0 Å². The van der Waals surface area contributed by atoms with E-state index in [2.05, 4.69) is 5.32 Å². The van der Waals surface area contributed by atoms with Crippen molar-refractivity contribution < 1.29 is 9.13 Å². The molecule has 2 rings (SSSR count). The first-order valence-corrected chi connectivity index (χ1v) is 4.93. The topological polar surface area (TPSA) is 21.3 Å². The fourth-order valence-electron chi connectivity index (χ4n) is 1.47. The van der Waals surface area contributed by atoms with Gasteiger partial charge in [-0.05, 0) is 24.6 Å². The maximum absolute atomic E-state index is 12.8. The third kappa shape index (κ3) is 2.16. The fraction of sp³-hybridized carbons (Fsp3) is 0.400. The van der Waals surface area contributed by atoms with Crippen molar-refractivity contribution in [2.75, 3.05) is 18.5 Å². The van der Waals surface area contributed by atoms with Gasteiger partial charge < -0.3 is 10.1 Å². The lowest BCUT2D eigenvalue weighted by Gasteiger charge is -2.12. The van der Waals surface area contributed by atoms with E-state index >= 15 is 0 Å². The molecule has 0 radical (unpaired) electrons. The molecule has 76 valence electrons. The summed E-state index contributed by atoms with van der Waals surface area (Å²) in [5.41, 5.74) is 0.840. The lowest BCUT2D eigenvalue weighted by molar-refractivity contribution is 0.195. The van der Waals surface area contributed by atoms with E-state index < -0.39 is 0 Å². The van der Waals surface area contributed by atoms with Gasteiger partial charge in [-0.25, -0.2) is 4.39 Å². The Balaban J connectivity index is 2.05. The fourth-order valence-corrected chi connectivity index (χ4v) is 1.65. The van der Waals surface area contributed by atoms with Gasteiger partial charge in [0, 0.05) is 12.3 Å². The Morgan fingerprint density at radius 2 is 2.36 bits per heavy atom. The van der Waals surface area contributed by atoms with Crippen LogP contribution in [-0.2, 0) is 4.74 Å². The highest BCUT2D eigenvalue weighted by Crippen LogP contribution is 2.21. The van der Waals surface area contributed by atoms with Crippen LogP contribution < -0.4 is 5.32 Å². The number of hydrogen-bond acceptors (Lipinski definition) is 2. The molecule has 1 aliphatic rings. The Hall–Kier alpha value is -0.800. The van der Waals surface area contributed by atoms with E-state index in [0.717, 1.165) is 18.7 Å². The molecule has 0 aromatic heterocycles. The molecule has 0 aliphatic carbocycles. The third-order valence-corrected chi connectivity index (χ3v) is 2.51. The monoisotopic (exact) mass is 215 g/mol. The Bertz CT molecular complexity index is 326. The van der Waals surface area contributed by atoms with Crippen molar-refractivity contribution in [1.29, 1.82) is 0 Å². The summed E-state index contributed by atoms with van der Waals surface area (Å²) in [6.45, 7) is 1.49. The highest BCUT2D eigenvalue weighted by molar-refractivity contribution is 6.31. The highest BCUT2D eigenvalue weighted by Gasteiger charge is 2.15. The highest BCUT2D eigenvalue weighted by atomic mass is 35.5. The molecule has 1 saturated heterocycles. The van der Waals surface area contributed by atoms with E-state index in [1.54, 1.807) is 12.1 Å². The summed E-state index contributed by atoms with van der Waals surface area (Å²) in [7, 11) is 0. The van der Waals surface area contributed by atoms with Crippen molar-refractivity contribution in [2.45, 2.75) is 12.5 Å². The second kappa shape index (κ2) is 4.15. The van der Waals surface area contributed by atoms with Crippen LogP contribution in [-0.4, -0.2) is 19.3 Å². The van der Waals surface area contributed by atoms with Crippen LogP contribution in [0.5, 0.6) is 0 Å². The third-order valence-electron chi connectivity index (χ3n) is 2.22. The van der Waals surface area contributed by atoms with Gasteiger partial charge in [0.25, 0.3) is 0 Å². The number of rotatable bonds is 2. The first-order chi connectivity index (χ1) is 6.75. The van der Waals surface area contributed by atoms with Crippen LogP contribution in [0.4, 0.5) is 10.1 Å². The molecule has 1 heterocycles. The molecule has 1 atom stereocenters. The predicted molar refractivity (Wildman–Crippen MR) is 54.3 cm³/mol. The van der Waals surface area contributed by atoms with Gasteiger partial charge in [-0.3, -0.25) is 0 Å². The zero-order valence-electron chi connectivity index (χ0n) is 7.59. The second-order valence-corrected chi connectivity index (χ2v) is 3.74. The lowest BCUT2D eigenvalue weighted by atomic mass is 10.2. The number of benzene rings is 1. The van der Waals surface area contributed by atoms with Gasteiger partial charge in [0.15, 0.2) is 0 Å². The molecule has 1 aliphatic heterocycles. The van der Waals surface area contributed by atoms with Gasteiger partial charge in [0.2, 0.25) is 0 Å². The van der Waals surface area contributed by atoms with Gasteiger partial charge in [-0.1, -0.05) is 11.6 Å². The van der Waals surface area contributed by atoms with Crippen LogP contribution in [0.2, 0.25) is 5.02 Å². The molecule has 2 nitrogen and oxygen atoms in total. The Morgan fingerprint density at radius 1 is 1.50 bits per heavy atom. The molecule has 0 bridgehead atoms. The van der Waals surface area contributed by atoms with Gasteiger partial charge in [-0.2, -0.15) is 0 Å². The smallest absolute Gasteiger partial charge is 0.141 e. The molecule has 4 heteroatoms. The number of hydrogen-bond donors (Lipinski definition) is 1. The molecule has 1 N–H and O–H groups in total. The van der Waals surface area contributed by atoms with Crippen LogP contribution in [0.3, 0.4) is 0 Å². The van der Waals surface area contributed by atoms with E-state index in [9.17, 15) is 4.39 Å². The molecule has 1 aromatic carbocycles. The molecular weight excluding hydrogens is 205 g/mol. The van der Waals surface area contributed by atoms with E-state index in [1.807, 2.05) is 0 Å². The first-order valence-electron chi connectivity index (χ1n) is 4.55. The van der Waals surface area contributed by atoms with Crippen molar-refractivity contribution >= 4 is 17.3 Å². The van der Waals surface area contributed by atoms with Crippen molar-refractivity contribution in [2.24, 2.45) is 0 Å². The molecule has 0 amide bonds. The van der Waals surface area contributed by atoms with Crippen LogP contribution in [0.15, 0.2) is 18.2 Å². The molecule has 0 saturated carbocycles. The minimum Gasteiger partial charge on any atom is -0.380 e. The quantitative estimate of drug-likeness (QED) is 0.819. The standard InChI is InChI=1S/C10H11ClFNO/c11-9-5-7(1-2-10(9)12)13-8-3-4-14-6-8/h1-2,5,8,13H,3-4,6H2. The number of halogens is 2. The van der Waals surface area contributed by atoms with E-state index in [0.29, 0.717) is 12.6 Å².